The molecule has 4 rings (SSSR count). The summed E-state index contributed by atoms with van der Waals surface area (Å²) in [6.45, 7) is 1.97. The molecular weight excluding hydrogens is 432 g/mol. The van der Waals surface area contributed by atoms with Gasteiger partial charge in [0.05, 0.1) is 28.0 Å². The SMILES string of the molecule is CCc1c(C(=O)Nc2ccc(NC(=O)c3cccs3)cc2)cnn1-c1cccc(Cl)c1. The number of carbonyl (C=O) groups excluding carboxylic acids is 2. The van der Waals surface area contributed by atoms with E-state index in [9.17, 15) is 9.59 Å². The molecule has 31 heavy (non-hydrogen) atoms. The van der Waals surface area contributed by atoms with Crippen LogP contribution in [0.25, 0.3) is 5.69 Å². The second-order valence-electron chi connectivity index (χ2n) is 6.71. The average molecular weight is 451 g/mol. The van der Waals surface area contributed by atoms with Crippen LogP contribution in [0.1, 0.15) is 32.6 Å². The van der Waals surface area contributed by atoms with Crippen molar-refractivity contribution in [1.29, 1.82) is 0 Å². The quantitative estimate of drug-likeness (QED) is 0.398. The first-order valence-electron chi connectivity index (χ1n) is 9.64. The van der Waals surface area contributed by atoms with Gasteiger partial charge in [-0.3, -0.25) is 9.59 Å². The number of aromatic nitrogens is 2. The molecular formula is C23H19ClN4O2S. The lowest BCUT2D eigenvalue weighted by atomic mass is 10.1. The Kier molecular flexibility index (Phi) is 6.16. The molecule has 2 amide bonds. The summed E-state index contributed by atoms with van der Waals surface area (Å²) in [7, 11) is 0. The number of thiophene rings is 1. The first-order chi connectivity index (χ1) is 15.0. The number of hydrogen-bond acceptors (Lipinski definition) is 4. The fourth-order valence-corrected chi connectivity index (χ4v) is 3.97. The maximum atomic E-state index is 12.9. The Labute approximate surface area is 188 Å². The Morgan fingerprint density at radius 2 is 1.71 bits per heavy atom. The molecule has 0 saturated heterocycles. The van der Waals surface area contributed by atoms with Crippen molar-refractivity contribution in [3.05, 3.63) is 93.4 Å². The van der Waals surface area contributed by atoms with Crippen molar-refractivity contribution in [1.82, 2.24) is 9.78 Å². The zero-order chi connectivity index (χ0) is 21.8. The third kappa shape index (κ3) is 4.68. The molecule has 0 saturated carbocycles. The molecule has 6 nitrogen and oxygen atoms in total. The molecule has 2 aromatic carbocycles. The van der Waals surface area contributed by atoms with E-state index in [2.05, 4.69) is 15.7 Å². The summed E-state index contributed by atoms with van der Waals surface area (Å²) in [6.07, 6.45) is 2.19. The van der Waals surface area contributed by atoms with Crippen LogP contribution in [0.4, 0.5) is 11.4 Å². The first-order valence-corrected chi connectivity index (χ1v) is 10.9. The highest BCUT2D eigenvalue weighted by Gasteiger charge is 2.17. The Morgan fingerprint density at radius 3 is 2.32 bits per heavy atom. The van der Waals surface area contributed by atoms with Crippen molar-refractivity contribution in [3.8, 4) is 5.69 Å². The monoisotopic (exact) mass is 450 g/mol. The summed E-state index contributed by atoms with van der Waals surface area (Å²) < 4.78 is 1.73. The van der Waals surface area contributed by atoms with E-state index in [1.54, 1.807) is 53.3 Å². The standard InChI is InChI=1S/C23H19ClN4O2S/c1-2-20-19(14-25-28(20)18-6-3-5-15(24)13-18)22(29)26-16-8-10-17(11-9-16)27-23(30)21-7-4-12-31-21/h3-14H,2H2,1H3,(H,26,29)(H,27,30). The third-order valence-electron chi connectivity index (χ3n) is 4.65. The molecule has 2 heterocycles. The van der Waals surface area contributed by atoms with E-state index in [0.29, 0.717) is 33.3 Å². The Bertz CT molecular complexity index is 1220. The van der Waals surface area contributed by atoms with Crippen LogP contribution in [-0.4, -0.2) is 21.6 Å². The molecule has 2 N–H and O–H groups in total. The predicted octanol–water partition coefficient (Wildman–Crippen LogP) is 5.65. The average Bonchev–Trinajstić information content (AvgIpc) is 3.45. The van der Waals surface area contributed by atoms with Crippen LogP contribution in [0.15, 0.2) is 72.2 Å². The van der Waals surface area contributed by atoms with Gasteiger partial charge in [0.2, 0.25) is 0 Å². The first kappa shape index (κ1) is 20.8. The minimum Gasteiger partial charge on any atom is -0.322 e. The predicted molar refractivity (Wildman–Crippen MR) is 125 cm³/mol. The number of amides is 2. The molecule has 4 aromatic rings. The maximum absolute atomic E-state index is 12.9. The lowest BCUT2D eigenvalue weighted by Crippen LogP contribution is -2.14. The van der Waals surface area contributed by atoms with Gasteiger partial charge >= 0.3 is 0 Å². The molecule has 0 bridgehead atoms. The van der Waals surface area contributed by atoms with E-state index in [0.717, 1.165) is 11.4 Å². The highest BCUT2D eigenvalue weighted by Crippen LogP contribution is 2.21. The van der Waals surface area contributed by atoms with Crippen LogP contribution in [0.3, 0.4) is 0 Å². The molecule has 0 aliphatic rings. The Morgan fingerprint density at radius 1 is 1.00 bits per heavy atom. The summed E-state index contributed by atoms with van der Waals surface area (Å²) in [5, 5.41) is 12.6. The number of anilines is 2. The van der Waals surface area contributed by atoms with Crippen LogP contribution in [-0.2, 0) is 6.42 Å². The number of hydrogen-bond donors (Lipinski definition) is 2. The minimum absolute atomic E-state index is 0.159. The summed E-state index contributed by atoms with van der Waals surface area (Å²) >= 11 is 7.47. The number of benzene rings is 2. The third-order valence-corrected chi connectivity index (χ3v) is 5.75. The molecule has 0 fully saturated rings. The Balaban J connectivity index is 1.48. The van der Waals surface area contributed by atoms with Gasteiger partial charge in [-0.25, -0.2) is 4.68 Å². The van der Waals surface area contributed by atoms with Gasteiger partial charge in [-0.15, -0.1) is 11.3 Å². The molecule has 0 atom stereocenters. The van der Waals surface area contributed by atoms with Gasteiger partial charge in [-0.2, -0.15) is 5.10 Å². The lowest BCUT2D eigenvalue weighted by molar-refractivity contribution is 0.101. The molecule has 0 radical (unpaired) electrons. The number of rotatable bonds is 6. The van der Waals surface area contributed by atoms with Crippen LogP contribution in [0, 0.1) is 0 Å². The summed E-state index contributed by atoms with van der Waals surface area (Å²) in [6, 6.07) is 17.9. The van der Waals surface area contributed by atoms with Crippen molar-refractivity contribution >= 4 is 46.1 Å². The highest BCUT2D eigenvalue weighted by atomic mass is 35.5. The fourth-order valence-electron chi connectivity index (χ4n) is 3.17. The van der Waals surface area contributed by atoms with E-state index in [1.165, 1.54) is 11.3 Å². The van der Waals surface area contributed by atoms with Crippen LogP contribution in [0.5, 0.6) is 0 Å². The topological polar surface area (TPSA) is 76.0 Å². The Hall–Kier alpha value is -3.42. The van der Waals surface area contributed by atoms with Crippen molar-refractivity contribution in [2.75, 3.05) is 10.6 Å². The highest BCUT2D eigenvalue weighted by molar-refractivity contribution is 7.12. The molecule has 0 spiro atoms. The molecule has 156 valence electrons. The van der Waals surface area contributed by atoms with Gasteiger partial charge in [0, 0.05) is 16.4 Å². The number of nitrogens with one attached hydrogen (secondary N) is 2. The van der Waals surface area contributed by atoms with Gasteiger partial charge in [0.25, 0.3) is 11.8 Å². The van der Waals surface area contributed by atoms with Gasteiger partial charge in [-0.1, -0.05) is 30.7 Å². The lowest BCUT2D eigenvalue weighted by Gasteiger charge is -2.10. The van der Waals surface area contributed by atoms with Gasteiger partial charge in [0.1, 0.15) is 0 Å². The molecule has 2 aromatic heterocycles. The van der Waals surface area contributed by atoms with Gasteiger partial charge < -0.3 is 10.6 Å². The van der Waals surface area contributed by atoms with Crippen LogP contribution >= 0.6 is 22.9 Å². The van der Waals surface area contributed by atoms with E-state index < -0.39 is 0 Å². The van der Waals surface area contributed by atoms with Crippen molar-refractivity contribution < 1.29 is 9.59 Å². The molecule has 0 aliphatic carbocycles. The largest absolute Gasteiger partial charge is 0.322 e. The molecule has 0 aliphatic heterocycles. The van der Waals surface area contributed by atoms with Crippen molar-refractivity contribution in [2.45, 2.75) is 13.3 Å². The maximum Gasteiger partial charge on any atom is 0.265 e. The zero-order valence-corrected chi connectivity index (χ0v) is 18.2. The van der Waals surface area contributed by atoms with E-state index in [4.69, 9.17) is 11.6 Å². The van der Waals surface area contributed by atoms with Crippen LogP contribution < -0.4 is 10.6 Å². The van der Waals surface area contributed by atoms with Gasteiger partial charge in [0.15, 0.2) is 0 Å². The number of nitrogens with zero attached hydrogens (tertiary/aromatic N) is 2. The fraction of sp³-hybridized carbons (Fsp3) is 0.0870. The molecule has 8 heteroatoms. The van der Waals surface area contributed by atoms with E-state index in [1.807, 2.05) is 30.5 Å². The normalized spacial score (nSPS) is 10.6. The number of halogens is 1. The summed E-state index contributed by atoms with van der Waals surface area (Å²) in [5.41, 5.74) is 3.36. The van der Waals surface area contributed by atoms with E-state index >= 15 is 0 Å². The molecule has 0 unspecified atom stereocenters. The van der Waals surface area contributed by atoms with E-state index in [-0.39, 0.29) is 11.8 Å². The summed E-state index contributed by atoms with van der Waals surface area (Å²) in [5.74, 6) is -0.409. The van der Waals surface area contributed by atoms with Crippen molar-refractivity contribution in [3.63, 3.8) is 0 Å². The minimum atomic E-state index is -0.250. The summed E-state index contributed by atoms with van der Waals surface area (Å²) in [4.78, 5) is 25.7. The smallest absolute Gasteiger partial charge is 0.265 e. The van der Waals surface area contributed by atoms with Crippen molar-refractivity contribution in [2.24, 2.45) is 0 Å². The zero-order valence-electron chi connectivity index (χ0n) is 16.6. The second kappa shape index (κ2) is 9.16. The number of carbonyl (C=O) groups is 2. The second-order valence-corrected chi connectivity index (χ2v) is 8.10. The van der Waals surface area contributed by atoms with Gasteiger partial charge in [-0.05, 0) is 60.3 Å². The van der Waals surface area contributed by atoms with Crippen LogP contribution in [0.2, 0.25) is 5.02 Å².